The summed E-state index contributed by atoms with van der Waals surface area (Å²) < 4.78 is 12.6. The second-order valence-corrected chi connectivity index (χ2v) is 17.3. The molecule has 2 aromatic heterocycles. The van der Waals surface area contributed by atoms with Gasteiger partial charge in [0.05, 0.1) is 30.6 Å². The summed E-state index contributed by atoms with van der Waals surface area (Å²) >= 11 is 0. The number of amides is 4. The molecule has 16 nitrogen and oxygen atoms in total. The Balaban J connectivity index is 0.918. The third-order valence-corrected chi connectivity index (χ3v) is 12.2. The molecule has 0 saturated carbocycles. The molecule has 5 aromatic rings. The maximum Gasteiger partial charge on any atom is 0.245 e. The Bertz CT molecular complexity index is 2520. The average molecular weight is 870 g/mol. The standard InChI is InChI=1S/C48H55N9O7/c1-31-24-48(3,64-52-31)25-43(58)56-20-8-12-40(56)46(60)49-26-33-14-17-36(18-15-33)45-32(2)53-63-42(45)23-37-22-34(16-19-39(37)35-10-6-5-7-11-35)27-50-47(61)41-13-9-21-57(41)44(59)29-55-28-38(30-62-4)51-54-55/h5-7,10-11,14-19,22,28,40-41H,8-9,12-13,20-21,23-27,29-30H2,1-4H3,(H,49,60)(H,50,61)/t40-,41-,48?/m0/s1. The third-order valence-electron chi connectivity index (χ3n) is 12.2. The average Bonchev–Trinajstić information content (AvgIpc) is 4.16. The fourth-order valence-corrected chi connectivity index (χ4v) is 9.13. The van der Waals surface area contributed by atoms with Crippen molar-refractivity contribution in [1.29, 1.82) is 0 Å². The van der Waals surface area contributed by atoms with Gasteiger partial charge in [0.1, 0.15) is 35.7 Å². The van der Waals surface area contributed by atoms with Gasteiger partial charge < -0.3 is 34.5 Å². The SMILES string of the molecule is COCc1cn(CC(=O)N2CCC[C@H]2C(=O)NCc2ccc(-c3ccccc3)c(Cc3onc(C)c3-c3ccc(CNC(=O)[C@@H]4CCCN4C(=O)CC4(C)CC(C)=NO4)cc3)c2)nn1. The van der Waals surface area contributed by atoms with Crippen molar-refractivity contribution in [1.82, 2.24) is 40.6 Å². The number of likely N-dealkylation sites (tertiary alicyclic amines) is 2. The highest BCUT2D eigenvalue weighted by atomic mass is 16.7. The molecule has 16 heteroatoms. The number of benzene rings is 3. The third kappa shape index (κ3) is 10.1. The number of rotatable bonds is 16. The van der Waals surface area contributed by atoms with E-state index in [1.807, 2.05) is 69.3 Å². The molecule has 64 heavy (non-hydrogen) atoms. The molecule has 2 N–H and O–H groups in total. The van der Waals surface area contributed by atoms with Crippen molar-refractivity contribution in [3.63, 3.8) is 0 Å². The van der Waals surface area contributed by atoms with Crippen molar-refractivity contribution in [2.45, 2.75) is 110 Å². The number of nitrogens with one attached hydrogen (secondary N) is 2. The Morgan fingerprint density at radius 2 is 1.52 bits per heavy atom. The van der Waals surface area contributed by atoms with Gasteiger partial charge in [0.15, 0.2) is 0 Å². The molecule has 3 aliphatic heterocycles. The molecule has 5 heterocycles. The van der Waals surface area contributed by atoms with E-state index in [4.69, 9.17) is 14.1 Å². The predicted molar refractivity (Wildman–Crippen MR) is 237 cm³/mol. The van der Waals surface area contributed by atoms with Crippen molar-refractivity contribution >= 4 is 29.3 Å². The lowest BCUT2D eigenvalue weighted by Crippen LogP contribution is -2.47. The molecule has 2 fully saturated rings. The van der Waals surface area contributed by atoms with Gasteiger partial charge in [0, 0.05) is 51.7 Å². The van der Waals surface area contributed by atoms with Crippen LogP contribution < -0.4 is 10.6 Å². The zero-order valence-corrected chi connectivity index (χ0v) is 36.8. The first kappa shape index (κ1) is 43.9. The fourth-order valence-electron chi connectivity index (χ4n) is 9.13. The van der Waals surface area contributed by atoms with E-state index in [-0.39, 0.29) is 43.1 Å². The minimum absolute atomic E-state index is 0.00656. The fraction of sp³-hybridized carbons (Fsp3) is 0.417. The van der Waals surface area contributed by atoms with E-state index >= 15 is 0 Å². The number of nitrogens with zero attached hydrogens (tertiary/aromatic N) is 7. The lowest BCUT2D eigenvalue weighted by atomic mass is 9.92. The van der Waals surface area contributed by atoms with Gasteiger partial charge in [-0.05, 0) is 79.8 Å². The van der Waals surface area contributed by atoms with Gasteiger partial charge in [-0.1, -0.05) is 88.3 Å². The summed E-state index contributed by atoms with van der Waals surface area (Å²) in [5.41, 5.74) is 8.28. The quantitative estimate of drug-likeness (QED) is 0.128. The van der Waals surface area contributed by atoms with Crippen molar-refractivity contribution in [3.8, 4) is 22.3 Å². The molecular formula is C48H55N9O7. The Hall–Kier alpha value is -6.68. The summed E-state index contributed by atoms with van der Waals surface area (Å²) in [5, 5.41) is 22.6. The number of ether oxygens (including phenoxy) is 1. The Morgan fingerprint density at radius 3 is 2.19 bits per heavy atom. The van der Waals surface area contributed by atoms with Gasteiger partial charge in [-0.3, -0.25) is 19.2 Å². The minimum Gasteiger partial charge on any atom is -0.389 e. The van der Waals surface area contributed by atoms with Crippen LogP contribution >= 0.6 is 0 Å². The van der Waals surface area contributed by atoms with Crippen LogP contribution in [0.3, 0.4) is 0 Å². The zero-order valence-electron chi connectivity index (χ0n) is 36.8. The highest BCUT2D eigenvalue weighted by molar-refractivity contribution is 5.90. The van der Waals surface area contributed by atoms with Gasteiger partial charge in [-0.2, -0.15) is 0 Å². The van der Waals surface area contributed by atoms with Crippen LogP contribution in [0, 0.1) is 6.92 Å². The lowest BCUT2D eigenvalue weighted by molar-refractivity contribution is -0.143. The Labute approximate surface area is 372 Å². The van der Waals surface area contributed by atoms with E-state index in [1.165, 1.54) is 4.68 Å². The number of aromatic nitrogens is 4. The molecule has 8 rings (SSSR count). The summed E-state index contributed by atoms with van der Waals surface area (Å²) in [6.07, 6.45) is 5.59. The van der Waals surface area contributed by atoms with Crippen molar-refractivity contribution in [2.24, 2.45) is 5.16 Å². The summed E-state index contributed by atoms with van der Waals surface area (Å²) in [4.78, 5) is 62.4. The van der Waals surface area contributed by atoms with Crippen LogP contribution in [0.2, 0.25) is 0 Å². The van der Waals surface area contributed by atoms with Gasteiger partial charge in [0.2, 0.25) is 23.6 Å². The highest BCUT2D eigenvalue weighted by Gasteiger charge is 2.41. The van der Waals surface area contributed by atoms with Crippen LogP contribution in [0.15, 0.2) is 88.7 Å². The van der Waals surface area contributed by atoms with E-state index in [9.17, 15) is 19.2 Å². The second kappa shape index (κ2) is 19.4. The Kier molecular flexibility index (Phi) is 13.3. The number of oxime groups is 1. The predicted octanol–water partition coefficient (Wildman–Crippen LogP) is 5.51. The smallest absolute Gasteiger partial charge is 0.245 e. The molecule has 334 valence electrons. The summed E-state index contributed by atoms with van der Waals surface area (Å²) in [6.45, 7) is 7.62. The number of carbonyl (C=O) groups excluding carboxylic acids is 4. The largest absolute Gasteiger partial charge is 0.389 e. The molecule has 2 saturated heterocycles. The summed E-state index contributed by atoms with van der Waals surface area (Å²) in [7, 11) is 1.57. The number of hydrogen-bond donors (Lipinski definition) is 2. The lowest BCUT2D eigenvalue weighted by Gasteiger charge is -2.28. The molecule has 4 amide bonds. The number of methoxy groups -OCH3 is 1. The number of carbonyl (C=O) groups is 4. The van der Waals surface area contributed by atoms with E-state index in [0.29, 0.717) is 63.4 Å². The molecule has 1 unspecified atom stereocenters. The molecule has 0 aliphatic carbocycles. The second-order valence-electron chi connectivity index (χ2n) is 17.3. The summed E-state index contributed by atoms with van der Waals surface area (Å²) in [5.74, 6) is 0.0508. The van der Waals surface area contributed by atoms with Crippen molar-refractivity contribution in [3.05, 3.63) is 113 Å². The highest BCUT2D eigenvalue weighted by Crippen LogP contribution is 2.34. The molecule has 3 aliphatic rings. The zero-order chi connectivity index (χ0) is 44.8. The maximum absolute atomic E-state index is 13.6. The Morgan fingerprint density at radius 1 is 0.844 bits per heavy atom. The normalized spacial score (nSPS) is 19.4. The van der Waals surface area contributed by atoms with Gasteiger partial charge in [-0.25, -0.2) is 4.68 Å². The van der Waals surface area contributed by atoms with Crippen LogP contribution in [0.4, 0.5) is 0 Å². The summed E-state index contributed by atoms with van der Waals surface area (Å²) in [6, 6.07) is 23.2. The van der Waals surface area contributed by atoms with Crippen LogP contribution in [0.1, 0.15) is 86.2 Å². The first-order valence-corrected chi connectivity index (χ1v) is 21.9. The topological polar surface area (TPSA) is 186 Å². The van der Waals surface area contributed by atoms with E-state index < -0.39 is 17.7 Å². The van der Waals surface area contributed by atoms with Crippen LogP contribution in [-0.4, -0.2) is 97.2 Å². The van der Waals surface area contributed by atoms with Crippen molar-refractivity contribution < 1.29 is 33.3 Å². The van der Waals surface area contributed by atoms with Crippen LogP contribution in [0.5, 0.6) is 0 Å². The van der Waals surface area contributed by atoms with Crippen LogP contribution in [0.25, 0.3) is 22.3 Å². The minimum atomic E-state index is -0.678. The van der Waals surface area contributed by atoms with E-state index in [0.717, 1.165) is 63.2 Å². The number of aryl methyl sites for hydroxylation is 1. The number of hydrogen-bond acceptors (Lipinski definition) is 11. The van der Waals surface area contributed by atoms with Crippen LogP contribution in [-0.2, 0) is 61.4 Å². The first-order chi connectivity index (χ1) is 31.0. The molecule has 0 spiro atoms. The van der Waals surface area contributed by atoms with Gasteiger partial charge in [0.25, 0.3) is 0 Å². The molecule has 0 radical (unpaired) electrons. The molecular weight excluding hydrogens is 815 g/mol. The monoisotopic (exact) mass is 869 g/mol. The maximum atomic E-state index is 13.6. The van der Waals surface area contributed by atoms with E-state index in [2.05, 4.69) is 55.5 Å². The molecule has 0 bridgehead atoms. The van der Waals surface area contributed by atoms with Crippen molar-refractivity contribution in [2.75, 3.05) is 20.2 Å². The molecule has 3 aromatic carbocycles. The van der Waals surface area contributed by atoms with Gasteiger partial charge in [-0.15, -0.1) is 5.10 Å². The first-order valence-electron chi connectivity index (χ1n) is 21.9. The molecule has 3 atom stereocenters. The van der Waals surface area contributed by atoms with Gasteiger partial charge >= 0.3 is 0 Å². The van der Waals surface area contributed by atoms with E-state index in [1.54, 1.807) is 23.1 Å².